The van der Waals surface area contributed by atoms with Crippen LogP contribution in [0.4, 0.5) is 4.39 Å². The molecule has 0 radical (unpaired) electrons. The molecule has 2 aliphatic rings. The molecule has 1 aromatic carbocycles. The molecule has 0 aromatic heterocycles. The summed E-state index contributed by atoms with van der Waals surface area (Å²) in [5.41, 5.74) is 0.844. The molecule has 2 bridgehead atoms. The highest BCUT2D eigenvalue weighted by molar-refractivity contribution is 5.21. The molecule has 116 valence electrons. The summed E-state index contributed by atoms with van der Waals surface area (Å²) < 4.78 is 14.1. The number of rotatable bonds is 5. The van der Waals surface area contributed by atoms with E-state index in [0.29, 0.717) is 18.1 Å². The normalized spacial score (nSPS) is 29.8. The van der Waals surface area contributed by atoms with Crippen LogP contribution >= 0.6 is 0 Å². The molecular formula is C18H27FN2. The third-order valence-corrected chi connectivity index (χ3v) is 5.25. The van der Waals surface area contributed by atoms with Crippen LogP contribution in [0.15, 0.2) is 24.3 Å². The van der Waals surface area contributed by atoms with Gasteiger partial charge >= 0.3 is 0 Å². The van der Waals surface area contributed by atoms with E-state index in [2.05, 4.69) is 24.1 Å². The van der Waals surface area contributed by atoms with Crippen LogP contribution in [0.3, 0.4) is 0 Å². The van der Waals surface area contributed by atoms with E-state index in [1.165, 1.54) is 25.7 Å². The van der Waals surface area contributed by atoms with Gasteiger partial charge in [0.05, 0.1) is 0 Å². The molecule has 21 heavy (non-hydrogen) atoms. The molecule has 0 amide bonds. The SMILES string of the molecule is CCCN(C1CC2CCC(C1)N2)C(C)c1ccccc1F. The Labute approximate surface area is 127 Å². The van der Waals surface area contributed by atoms with E-state index in [9.17, 15) is 4.39 Å². The molecule has 3 rings (SSSR count). The smallest absolute Gasteiger partial charge is 0.127 e. The number of fused-ring (bicyclic) bond motifs is 2. The van der Waals surface area contributed by atoms with Crippen molar-refractivity contribution in [3.05, 3.63) is 35.6 Å². The Hall–Kier alpha value is -0.930. The Morgan fingerprint density at radius 3 is 2.52 bits per heavy atom. The van der Waals surface area contributed by atoms with E-state index >= 15 is 0 Å². The quantitative estimate of drug-likeness (QED) is 0.885. The van der Waals surface area contributed by atoms with Crippen LogP contribution in [-0.4, -0.2) is 29.6 Å². The van der Waals surface area contributed by atoms with Crippen molar-refractivity contribution in [3.8, 4) is 0 Å². The van der Waals surface area contributed by atoms with Crippen molar-refractivity contribution >= 4 is 0 Å². The summed E-state index contributed by atoms with van der Waals surface area (Å²) >= 11 is 0. The fourth-order valence-corrected chi connectivity index (χ4v) is 4.24. The predicted octanol–water partition coefficient (Wildman–Crippen LogP) is 3.88. The highest BCUT2D eigenvalue weighted by atomic mass is 19.1. The van der Waals surface area contributed by atoms with Gasteiger partial charge < -0.3 is 5.32 Å². The van der Waals surface area contributed by atoms with Gasteiger partial charge in [-0.25, -0.2) is 4.39 Å². The van der Waals surface area contributed by atoms with E-state index in [0.717, 1.165) is 18.5 Å². The van der Waals surface area contributed by atoms with Gasteiger partial charge in [0, 0.05) is 29.7 Å². The lowest BCUT2D eigenvalue weighted by Gasteiger charge is -2.41. The third kappa shape index (κ3) is 3.14. The lowest BCUT2D eigenvalue weighted by atomic mass is 9.94. The van der Waals surface area contributed by atoms with Gasteiger partial charge in [0.1, 0.15) is 5.82 Å². The second-order valence-corrected chi connectivity index (χ2v) is 6.70. The van der Waals surface area contributed by atoms with Crippen molar-refractivity contribution in [2.75, 3.05) is 6.54 Å². The fraction of sp³-hybridized carbons (Fsp3) is 0.667. The molecule has 1 N–H and O–H groups in total. The van der Waals surface area contributed by atoms with Gasteiger partial charge in [-0.3, -0.25) is 4.90 Å². The van der Waals surface area contributed by atoms with Gasteiger partial charge in [-0.1, -0.05) is 25.1 Å². The van der Waals surface area contributed by atoms with Crippen molar-refractivity contribution in [2.24, 2.45) is 0 Å². The number of nitrogens with one attached hydrogen (secondary N) is 1. The number of hydrogen-bond acceptors (Lipinski definition) is 2. The van der Waals surface area contributed by atoms with Crippen LogP contribution in [-0.2, 0) is 0 Å². The minimum atomic E-state index is -0.0667. The molecule has 2 heterocycles. The van der Waals surface area contributed by atoms with Crippen molar-refractivity contribution < 1.29 is 4.39 Å². The Bertz CT molecular complexity index is 464. The van der Waals surface area contributed by atoms with Gasteiger partial charge in [-0.15, -0.1) is 0 Å². The Morgan fingerprint density at radius 1 is 1.24 bits per heavy atom. The van der Waals surface area contributed by atoms with Gasteiger partial charge in [0.15, 0.2) is 0 Å². The predicted molar refractivity (Wildman–Crippen MR) is 84.8 cm³/mol. The zero-order valence-corrected chi connectivity index (χ0v) is 13.2. The number of halogens is 1. The molecule has 3 unspecified atom stereocenters. The third-order valence-electron chi connectivity index (χ3n) is 5.25. The first kappa shape index (κ1) is 15.0. The first-order valence-corrected chi connectivity index (χ1v) is 8.45. The summed E-state index contributed by atoms with van der Waals surface area (Å²) in [5.74, 6) is -0.0667. The van der Waals surface area contributed by atoms with E-state index in [4.69, 9.17) is 0 Å². The molecule has 0 spiro atoms. The zero-order chi connectivity index (χ0) is 14.8. The Morgan fingerprint density at radius 2 is 1.90 bits per heavy atom. The van der Waals surface area contributed by atoms with Crippen LogP contribution in [0, 0.1) is 5.82 Å². The lowest BCUT2D eigenvalue weighted by molar-refractivity contribution is 0.0993. The second kappa shape index (κ2) is 6.45. The first-order chi connectivity index (χ1) is 10.2. The average molecular weight is 290 g/mol. The number of piperidine rings is 1. The van der Waals surface area contributed by atoms with Crippen LogP contribution in [0.2, 0.25) is 0 Å². The first-order valence-electron chi connectivity index (χ1n) is 8.45. The summed E-state index contributed by atoms with van der Waals surface area (Å²) in [7, 11) is 0. The molecule has 1 aromatic rings. The molecular weight excluding hydrogens is 263 g/mol. The number of hydrogen-bond donors (Lipinski definition) is 1. The number of nitrogens with zero attached hydrogens (tertiary/aromatic N) is 1. The van der Waals surface area contributed by atoms with Crippen LogP contribution in [0.5, 0.6) is 0 Å². The zero-order valence-electron chi connectivity index (χ0n) is 13.2. The van der Waals surface area contributed by atoms with E-state index in [1.54, 1.807) is 12.1 Å². The maximum Gasteiger partial charge on any atom is 0.127 e. The second-order valence-electron chi connectivity index (χ2n) is 6.70. The van der Waals surface area contributed by atoms with Crippen molar-refractivity contribution in [3.63, 3.8) is 0 Å². The summed E-state index contributed by atoms with van der Waals surface area (Å²) in [6, 6.07) is 9.38. The maximum absolute atomic E-state index is 14.1. The van der Waals surface area contributed by atoms with Crippen LogP contribution in [0.25, 0.3) is 0 Å². The molecule has 3 atom stereocenters. The molecule has 0 saturated carbocycles. The molecule has 2 aliphatic heterocycles. The van der Waals surface area contributed by atoms with Gasteiger partial charge in [0.25, 0.3) is 0 Å². The summed E-state index contributed by atoms with van der Waals surface area (Å²) in [5, 5.41) is 3.71. The topological polar surface area (TPSA) is 15.3 Å². The highest BCUT2D eigenvalue weighted by Crippen LogP contribution is 2.34. The lowest BCUT2D eigenvalue weighted by Crippen LogP contribution is -2.49. The van der Waals surface area contributed by atoms with Crippen LogP contribution < -0.4 is 5.32 Å². The standard InChI is InChI=1S/C18H27FN2/c1-3-10-21(13(2)17-6-4-5-7-18(17)19)16-11-14-8-9-15(12-16)20-14/h4-7,13-16,20H,3,8-12H2,1-2H3. The molecule has 2 saturated heterocycles. The Kier molecular flexibility index (Phi) is 4.60. The summed E-state index contributed by atoms with van der Waals surface area (Å²) in [6.45, 7) is 5.44. The van der Waals surface area contributed by atoms with Crippen molar-refractivity contribution in [1.29, 1.82) is 0 Å². The average Bonchev–Trinajstić information content (AvgIpc) is 2.83. The van der Waals surface area contributed by atoms with Crippen molar-refractivity contribution in [2.45, 2.75) is 70.1 Å². The molecule has 0 aliphatic carbocycles. The fourth-order valence-electron chi connectivity index (χ4n) is 4.24. The molecule has 2 fully saturated rings. The van der Waals surface area contributed by atoms with E-state index < -0.39 is 0 Å². The molecule has 2 nitrogen and oxygen atoms in total. The van der Waals surface area contributed by atoms with Crippen LogP contribution in [0.1, 0.15) is 57.6 Å². The monoisotopic (exact) mass is 290 g/mol. The Balaban J connectivity index is 1.79. The minimum absolute atomic E-state index is 0.0667. The highest BCUT2D eigenvalue weighted by Gasteiger charge is 2.37. The van der Waals surface area contributed by atoms with Crippen molar-refractivity contribution in [1.82, 2.24) is 10.2 Å². The number of benzene rings is 1. The minimum Gasteiger partial charge on any atom is -0.311 e. The van der Waals surface area contributed by atoms with E-state index in [1.807, 2.05) is 12.1 Å². The van der Waals surface area contributed by atoms with E-state index in [-0.39, 0.29) is 11.9 Å². The molecule has 3 heteroatoms. The van der Waals surface area contributed by atoms with Gasteiger partial charge in [0.2, 0.25) is 0 Å². The largest absolute Gasteiger partial charge is 0.311 e. The summed E-state index contributed by atoms with van der Waals surface area (Å²) in [4.78, 5) is 2.55. The van der Waals surface area contributed by atoms with Gasteiger partial charge in [-0.05, 0) is 51.6 Å². The van der Waals surface area contributed by atoms with Gasteiger partial charge in [-0.2, -0.15) is 0 Å². The maximum atomic E-state index is 14.1. The summed E-state index contributed by atoms with van der Waals surface area (Å²) in [6.07, 6.45) is 6.19.